The van der Waals surface area contributed by atoms with E-state index in [-0.39, 0.29) is 29.5 Å². The predicted octanol–water partition coefficient (Wildman–Crippen LogP) is 2.35. The van der Waals surface area contributed by atoms with E-state index in [1.165, 1.54) is 6.20 Å². The van der Waals surface area contributed by atoms with Gasteiger partial charge in [-0.1, -0.05) is 12.1 Å². The van der Waals surface area contributed by atoms with Gasteiger partial charge in [-0.3, -0.25) is 14.4 Å². The van der Waals surface area contributed by atoms with Crippen molar-refractivity contribution >= 4 is 22.7 Å². The van der Waals surface area contributed by atoms with Crippen LogP contribution in [0.15, 0.2) is 45.7 Å². The second-order valence-corrected chi connectivity index (χ2v) is 6.42. The Labute approximate surface area is 155 Å². The first kappa shape index (κ1) is 18.4. The van der Waals surface area contributed by atoms with Crippen LogP contribution < -0.4 is 16.1 Å². The molecule has 0 saturated carbocycles. The van der Waals surface area contributed by atoms with Gasteiger partial charge in [0, 0.05) is 22.7 Å². The van der Waals surface area contributed by atoms with Gasteiger partial charge in [-0.05, 0) is 39.0 Å². The number of carbonyl (C=O) groups excluding carboxylic acids is 2. The minimum atomic E-state index is -0.597. The lowest BCUT2D eigenvalue weighted by Crippen LogP contribution is -2.39. The van der Waals surface area contributed by atoms with Crippen LogP contribution in [0.5, 0.6) is 0 Å². The van der Waals surface area contributed by atoms with Crippen LogP contribution in [0, 0.1) is 13.8 Å². The average Bonchev–Trinajstić information content (AvgIpc) is 2.98. The van der Waals surface area contributed by atoms with Crippen LogP contribution in [0.2, 0.25) is 0 Å². The van der Waals surface area contributed by atoms with E-state index in [9.17, 15) is 14.4 Å². The van der Waals surface area contributed by atoms with Gasteiger partial charge in [-0.25, -0.2) is 0 Å². The number of hydrogen-bond acceptors (Lipinski definition) is 4. The summed E-state index contributed by atoms with van der Waals surface area (Å²) in [7, 11) is 0. The zero-order chi connectivity index (χ0) is 19.6. The van der Waals surface area contributed by atoms with E-state index in [1.54, 1.807) is 24.3 Å². The Morgan fingerprint density at radius 2 is 1.96 bits per heavy atom. The third kappa shape index (κ3) is 3.92. The summed E-state index contributed by atoms with van der Waals surface area (Å²) >= 11 is 0. The van der Waals surface area contributed by atoms with Gasteiger partial charge in [0.2, 0.25) is 11.3 Å². The largest absolute Gasteiger partial charge is 0.466 e. The molecule has 2 heterocycles. The molecule has 7 nitrogen and oxygen atoms in total. The number of H-pyrrole nitrogens is 1. The second-order valence-electron chi connectivity index (χ2n) is 6.42. The maximum Gasteiger partial charge on any atom is 0.257 e. The minimum absolute atomic E-state index is 0.0316. The van der Waals surface area contributed by atoms with Crippen LogP contribution in [0.4, 0.5) is 0 Å². The Morgan fingerprint density at radius 1 is 1.22 bits per heavy atom. The predicted molar refractivity (Wildman–Crippen MR) is 102 cm³/mol. The zero-order valence-electron chi connectivity index (χ0n) is 15.4. The summed E-state index contributed by atoms with van der Waals surface area (Å²) in [6, 6.07) is 8.55. The fourth-order valence-electron chi connectivity index (χ4n) is 3.04. The molecule has 0 bridgehead atoms. The zero-order valence-corrected chi connectivity index (χ0v) is 15.4. The maximum atomic E-state index is 12.4. The first-order valence-electron chi connectivity index (χ1n) is 8.61. The van der Waals surface area contributed by atoms with Crippen molar-refractivity contribution in [3.05, 3.63) is 69.4 Å². The Bertz CT molecular complexity index is 1060. The molecule has 0 spiro atoms. The summed E-state index contributed by atoms with van der Waals surface area (Å²) in [6.45, 7) is 5.28. The Hall–Kier alpha value is -3.35. The number of benzene rings is 1. The standard InChI is InChI=1S/C20H21N3O4/c1-11-8-15(13(3)27-11)12(2)23-18(24)10-22-20(26)16-9-21-17-7-5-4-6-14(17)19(16)25/h4-9,12H,10H2,1-3H3,(H,21,25)(H,22,26)(H,23,24). The van der Waals surface area contributed by atoms with E-state index in [0.29, 0.717) is 10.9 Å². The smallest absolute Gasteiger partial charge is 0.257 e. The van der Waals surface area contributed by atoms with Crippen LogP contribution in [0.3, 0.4) is 0 Å². The van der Waals surface area contributed by atoms with Gasteiger partial charge in [0.05, 0.1) is 12.6 Å². The number of rotatable bonds is 5. The Balaban J connectivity index is 1.64. The molecule has 27 heavy (non-hydrogen) atoms. The highest BCUT2D eigenvalue weighted by molar-refractivity contribution is 5.98. The van der Waals surface area contributed by atoms with Crippen molar-refractivity contribution in [1.82, 2.24) is 15.6 Å². The van der Waals surface area contributed by atoms with Gasteiger partial charge < -0.3 is 20.0 Å². The van der Waals surface area contributed by atoms with Crippen molar-refractivity contribution in [3.8, 4) is 0 Å². The highest BCUT2D eigenvalue weighted by Crippen LogP contribution is 2.20. The van der Waals surface area contributed by atoms with E-state index in [4.69, 9.17) is 4.42 Å². The monoisotopic (exact) mass is 367 g/mol. The average molecular weight is 367 g/mol. The molecule has 0 radical (unpaired) electrons. The highest BCUT2D eigenvalue weighted by Gasteiger charge is 2.17. The lowest BCUT2D eigenvalue weighted by Gasteiger charge is -2.13. The third-order valence-electron chi connectivity index (χ3n) is 4.37. The maximum absolute atomic E-state index is 12.4. The number of amides is 2. The highest BCUT2D eigenvalue weighted by atomic mass is 16.3. The molecule has 3 N–H and O–H groups in total. The number of pyridine rings is 1. The number of carbonyl (C=O) groups is 2. The molecule has 0 aliphatic heterocycles. The van der Waals surface area contributed by atoms with E-state index in [1.807, 2.05) is 26.8 Å². The van der Waals surface area contributed by atoms with Gasteiger partial charge in [-0.15, -0.1) is 0 Å². The second kappa shape index (κ2) is 7.49. The molecular weight excluding hydrogens is 346 g/mol. The Kier molecular flexibility index (Phi) is 5.12. The molecule has 0 fully saturated rings. The van der Waals surface area contributed by atoms with Crippen LogP contribution in [-0.2, 0) is 4.79 Å². The first-order valence-corrected chi connectivity index (χ1v) is 8.61. The Morgan fingerprint density at radius 3 is 2.67 bits per heavy atom. The number of aryl methyl sites for hydroxylation is 2. The summed E-state index contributed by atoms with van der Waals surface area (Å²) in [6.07, 6.45) is 1.36. The van der Waals surface area contributed by atoms with Gasteiger partial charge in [0.25, 0.3) is 5.91 Å². The molecule has 3 rings (SSSR count). The summed E-state index contributed by atoms with van der Waals surface area (Å²) in [5.41, 5.74) is 1.13. The van der Waals surface area contributed by atoms with Crippen molar-refractivity contribution < 1.29 is 14.0 Å². The topological polar surface area (TPSA) is 104 Å². The SMILES string of the molecule is Cc1cc(C(C)NC(=O)CNC(=O)c2c[nH]c3ccccc3c2=O)c(C)o1. The number of nitrogens with one attached hydrogen (secondary N) is 3. The van der Waals surface area contributed by atoms with Gasteiger partial charge in [-0.2, -0.15) is 0 Å². The molecule has 0 saturated heterocycles. The molecule has 0 aliphatic carbocycles. The molecule has 7 heteroatoms. The van der Waals surface area contributed by atoms with Crippen LogP contribution >= 0.6 is 0 Å². The number of aromatic nitrogens is 1. The van der Waals surface area contributed by atoms with Crippen LogP contribution in [0.25, 0.3) is 10.9 Å². The fraction of sp³-hybridized carbons (Fsp3) is 0.250. The van der Waals surface area contributed by atoms with Crippen molar-refractivity contribution in [2.75, 3.05) is 6.54 Å². The molecule has 1 unspecified atom stereocenters. The summed E-state index contributed by atoms with van der Waals surface area (Å²) in [4.78, 5) is 39.8. The van der Waals surface area contributed by atoms with Crippen LogP contribution in [-0.4, -0.2) is 23.3 Å². The van der Waals surface area contributed by atoms with E-state index in [0.717, 1.165) is 17.1 Å². The van der Waals surface area contributed by atoms with Crippen molar-refractivity contribution in [2.24, 2.45) is 0 Å². The van der Waals surface area contributed by atoms with E-state index in [2.05, 4.69) is 15.6 Å². The number of aromatic amines is 1. The van der Waals surface area contributed by atoms with Gasteiger partial charge in [0.1, 0.15) is 17.1 Å². The number of para-hydroxylation sites is 1. The first-order chi connectivity index (χ1) is 12.9. The molecule has 2 amide bonds. The summed E-state index contributed by atoms with van der Waals surface area (Å²) < 4.78 is 5.46. The lowest BCUT2D eigenvalue weighted by atomic mass is 10.1. The van der Waals surface area contributed by atoms with Gasteiger partial charge >= 0.3 is 0 Å². The molecule has 3 aromatic rings. The molecule has 2 aromatic heterocycles. The van der Waals surface area contributed by atoms with Crippen molar-refractivity contribution in [3.63, 3.8) is 0 Å². The summed E-state index contributed by atoms with van der Waals surface area (Å²) in [5, 5.41) is 5.71. The fourth-order valence-corrected chi connectivity index (χ4v) is 3.04. The molecule has 1 atom stereocenters. The molecule has 1 aromatic carbocycles. The van der Waals surface area contributed by atoms with Crippen molar-refractivity contribution in [1.29, 1.82) is 0 Å². The summed E-state index contributed by atoms with van der Waals surface area (Å²) in [5.74, 6) is 0.561. The van der Waals surface area contributed by atoms with Crippen molar-refractivity contribution in [2.45, 2.75) is 26.8 Å². The molecule has 140 valence electrons. The molecule has 0 aliphatic rings. The van der Waals surface area contributed by atoms with E-state index >= 15 is 0 Å². The number of furan rings is 1. The quantitative estimate of drug-likeness (QED) is 0.644. The third-order valence-corrected chi connectivity index (χ3v) is 4.37. The molecular formula is C20H21N3O4. The van der Waals surface area contributed by atoms with E-state index < -0.39 is 5.91 Å². The lowest BCUT2D eigenvalue weighted by molar-refractivity contribution is -0.120. The number of fused-ring (bicyclic) bond motifs is 1. The number of hydrogen-bond donors (Lipinski definition) is 3. The van der Waals surface area contributed by atoms with Crippen LogP contribution in [0.1, 0.15) is 40.4 Å². The minimum Gasteiger partial charge on any atom is -0.466 e. The van der Waals surface area contributed by atoms with Gasteiger partial charge in [0.15, 0.2) is 0 Å². The normalized spacial score (nSPS) is 12.0.